The number of sulfone groups is 1. The summed E-state index contributed by atoms with van der Waals surface area (Å²) >= 11 is 0. The molecule has 1 aliphatic carbocycles. The van der Waals surface area contributed by atoms with Gasteiger partial charge in [0.25, 0.3) is 5.91 Å². The molecule has 1 heterocycles. The molecule has 1 amide bonds. The maximum Gasteiger partial charge on any atom is 0.254 e. The van der Waals surface area contributed by atoms with Crippen LogP contribution in [0.3, 0.4) is 0 Å². The Morgan fingerprint density at radius 2 is 1.80 bits per heavy atom. The van der Waals surface area contributed by atoms with E-state index in [9.17, 15) is 13.2 Å². The molecule has 1 aliphatic rings. The first-order valence-corrected chi connectivity index (χ1v) is 14.1. The predicted octanol–water partition coefficient (Wildman–Crippen LogP) is 5.64. The average molecular weight is 494 g/mol. The summed E-state index contributed by atoms with van der Waals surface area (Å²) in [6, 6.07) is 15.3. The van der Waals surface area contributed by atoms with Crippen LogP contribution in [-0.4, -0.2) is 35.3 Å². The number of carbonyl (C=O) groups excluding carboxylic acids is 1. The maximum absolute atomic E-state index is 13.6. The van der Waals surface area contributed by atoms with Crippen molar-refractivity contribution >= 4 is 15.7 Å². The molecule has 3 aromatic rings. The van der Waals surface area contributed by atoms with Gasteiger partial charge >= 0.3 is 0 Å². The molecule has 2 aromatic carbocycles. The minimum absolute atomic E-state index is 0.0498. The van der Waals surface area contributed by atoms with Crippen molar-refractivity contribution in [3.63, 3.8) is 0 Å². The van der Waals surface area contributed by atoms with Crippen LogP contribution in [0.4, 0.5) is 0 Å². The third-order valence-electron chi connectivity index (χ3n) is 6.89. The number of aromatic nitrogens is 2. The fraction of sp³-hybridized carbons (Fsp3) is 0.429. The van der Waals surface area contributed by atoms with Gasteiger partial charge in [0.05, 0.1) is 24.2 Å². The van der Waals surface area contributed by atoms with Crippen LogP contribution in [0.5, 0.6) is 0 Å². The highest BCUT2D eigenvalue weighted by Gasteiger charge is 2.30. The molecule has 1 saturated carbocycles. The Kier molecular flexibility index (Phi) is 7.75. The largest absolute Gasteiger partial charge is 0.333 e. The Hall–Kier alpha value is -2.93. The van der Waals surface area contributed by atoms with Crippen molar-refractivity contribution in [1.29, 1.82) is 0 Å². The number of benzene rings is 2. The fourth-order valence-corrected chi connectivity index (χ4v) is 6.57. The predicted molar refractivity (Wildman–Crippen MR) is 138 cm³/mol. The molecule has 0 unspecified atom stereocenters. The van der Waals surface area contributed by atoms with Crippen LogP contribution in [0.2, 0.25) is 0 Å². The molecule has 6 nitrogen and oxygen atoms in total. The Morgan fingerprint density at radius 3 is 2.49 bits per heavy atom. The molecule has 186 valence electrons. The van der Waals surface area contributed by atoms with Crippen LogP contribution in [-0.2, 0) is 22.1 Å². The van der Waals surface area contributed by atoms with E-state index in [2.05, 4.69) is 4.98 Å². The van der Waals surface area contributed by atoms with Gasteiger partial charge in [-0.2, -0.15) is 0 Å². The Bertz CT molecular complexity index is 1290. The molecule has 0 spiro atoms. The summed E-state index contributed by atoms with van der Waals surface area (Å²) in [5, 5.41) is 0.125. The van der Waals surface area contributed by atoms with Crippen LogP contribution in [0.25, 0.3) is 0 Å². The van der Waals surface area contributed by atoms with Crippen LogP contribution in [0, 0.1) is 13.8 Å². The van der Waals surface area contributed by atoms with Gasteiger partial charge in [-0.15, -0.1) is 0 Å². The summed E-state index contributed by atoms with van der Waals surface area (Å²) in [5.41, 5.74) is 4.17. The van der Waals surface area contributed by atoms with Gasteiger partial charge in [0, 0.05) is 18.2 Å². The van der Waals surface area contributed by atoms with Gasteiger partial charge in [0.2, 0.25) is 15.0 Å². The molecule has 1 fully saturated rings. The Balaban J connectivity index is 1.69. The number of hydrogen-bond acceptors (Lipinski definition) is 4. The minimum atomic E-state index is -3.66. The third kappa shape index (κ3) is 5.67. The van der Waals surface area contributed by atoms with E-state index in [4.69, 9.17) is 0 Å². The van der Waals surface area contributed by atoms with Crippen LogP contribution in [0.15, 0.2) is 59.9 Å². The van der Waals surface area contributed by atoms with Crippen LogP contribution >= 0.6 is 0 Å². The van der Waals surface area contributed by atoms with Crippen molar-refractivity contribution in [3.8, 4) is 0 Å². The quantitative estimate of drug-likeness (QED) is 0.407. The van der Waals surface area contributed by atoms with E-state index in [1.807, 2.05) is 73.9 Å². The highest BCUT2D eigenvalue weighted by molar-refractivity contribution is 7.90. The summed E-state index contributed by atoms with van der Waals surface area (Å²) in [6.45, 7) is 6.69. The first-order chi connectivity index (χ1) is 16.8. The number of carbonyl (C=O) groups is 1. The lowest BCUT2D eigenvalue weighted by Gasteiger charge is -2.29. The Labute approximate surface area is 208 Å². The lowest BCUT2D eigenvalue weighted by Crippen LogP contribution is -2.32. The molecule has 0 saturated heterocycles. The second-order valence-electron chi connectivity index (χ2n) is 9.58. The number of aryl methyl sites for hydroxylation is 2. The zero-order valence-electron chi connectivity index (χ0n) is 20.9. The maximum atomic E-state index is 13.6. The molecule has 1 aromatic heterocycles. The average Bonchev–Trinajstić information content (AvgIpc) is 3.27. The first kappa shape index (κ1) is 25.2. The molecule has 0 bridgehead atoms. The van der Waals surface area contributed by atoms with Crippen molar-refractivity contribution in [2.24, 2.45) is 0 Å². The second-order valence-corrected chi connectivity index (χ2v) is 11.5. The van der Waals surface area contributed by atoms with E-state index in [0.717, 1.165) is 48.1 Å². The Morgan fingerprint density at radius 1 is 1.06 bits per heavy atom. The zero-order chi connectivity index (χ0) is 25.0. The summed E-state index contributed by atoms with van der Waals surface area (Å²) in [6.07, 6.45) is 6.81. The van der Waals surface area contributed by atoms with Gasteiger partial charge in [-0.1, -0.05) is 67.3 Å². The van der Waals surface area contributed by atoms with E-state index in [1.54, 1.807) is 11.1 Å². The van der Waals surface area contributed by atoms with Gasteiger partial charge in [-0.25, -0.2) is 13.4 Å². The van der Waals surface area contributed by atoms with E-state index in [-0.39, 0.29) is 22.9 Å². The third-order valence-corrected chi connectivity index (χ3v) is 8.47. The van der Waals surface area contributed by atoms with Gasteiger partial charge in [-0.3, -0.25) is 4.79 Å². The van der Waals surface area contributed by atoms with Crippen molar-refractivity contribution in [2.75, 3.05) is 6.54 Å². The SMILES string of the molecule is CCN(Cc1cnc(S(=O)(=O)Cc2cccc(C)c2)n1C1CCCCC1)C(=O)c1ccccc1C. The van der Waals surface area contributed by atoms with E-state index in [0.29, 0.717) is 18.7 Å². The molecule has 0 aliphatic heterocycles. The van der Waals surface area contributed by atoms with E-state index < -0.39 is 9.84 Å². The monoisotopic (exact) mass is 493 g/mol. The minimum Gasteiger partial charge on any atom is -0.333 e. The highest BCUT2D eigenvalue weighted by atomic mass is 32.2. The lowest BCUT2D eigenvalue weighted by atomic mass is 9.95. The summed E-state index contributed by atoms with van der Waals surface area (Å²) < 4.78 is 29.1. The summed E-state index contributed by atoms with van der Waals surface area (Å²) in [7, 11) is -3.66. The van der Waals surface area contributed by atoms with Gasteiger partial charge in [-0.05, 0) is 50.8 Å². The molecule has 35 heavy (non-hydrogen) atoms. The van der Waals surface area contributed by atoms with Crippen molar-refractivity contribution < 1.29 is 13.2 Å². The zero-order valence-corrected chi connectivity index (χ0v) is 21.7. The number of amides is 1. The highest BCUT2D eigenvalue weighted by Crippen LogP contribution is 2.33. The molecular formula is C28H35N3O3S. The summed E-state index contributed by atoms with van der Waals surface area (Å²) in [4.78, 5) is 19.6. The van der Waals surface area contributed by atoms with Crippen molar-refractivity contribution in [1.82, 2.24) is 14.5 Å². The smallest absolute Gasteiger partial charge is 0.254 e. The standard InChI is InChI=1S/C28H35N3O3S/c1-4-30(27(32)26-16-9-8-12-22(26)3)19-25-18-29-28(31(25)24-14-6-5-7-15-24)35(33,34)20-23-13-10-11-21(2)17-23/h8-13,16-18,24H,4-7,14-15,19-20H2,1-3H3. The van der Waals surface area contributed by atoms with E-state index in [1.165, 1.54) is 6.42 Å². The topological polar surface area (TPSA) is 72.3 Å². The molecule has 7 heteroatoms. The van der Waals surface area contributed by atoms with Crippen molar-refractivity contribution in [2.45, 2.75) is 76.4 Å². The lowest BCUT2D eigenvalue weighted by molar-refractivity contribution is 0.0746. The van der Waals surface area contributed by atoms with E-state index >= 15 is 0 Å². The molecule has 0 radical (unpaired) electrons. The number of nitrogens with zero attached hydrogens (tertiary/aromatic N) is 3. The molecular weight excluding hydrogens is 458 g/mol. The van der Waals surface area contributed by atoms with Gasteiger partial charge in [0.15, 0.2) is 0 Å². The first-order valence-electron chi connectivity index (χ1n) is 12.5. The molecule has 0 N–H and O–H groups in total. The summed E-state index contributed by atoms with van der Waals surface area (Å²) in [5.74, 6) is -0.136. The second kappa shape index (κ2) is 10.8. The van der Waals surface area contributed by atoms with Crippen LogP contribution < -0.4 is 0 Å². The number of hydrogen-bond donors (Lipinski definition) is 0. The normalized spacial score (nSPS) is 14.7. The van der Waals surface area contributed by atoms with Crippen molar-refractivity contribution in [3.05, 3.63) is 82.7 Å². The van der Waals surface area contributed by atoms with Gasteiger partial charge in [0.1, 0.15) is 0 Å². The molecule has 0 atom stereocenters. The molecule has 4 rings (SSSR count). The van der Waals surface area contributed by atoms with Crippen LogP contribution in [0.1, 0.15) is 77.8 Å². The fourth-order valence-electron chi connectivity index (χ4n) is 5.05. The van der Waals surface area contributed by atoms with Gasteiger partial charge < -0.3 is 9.47 Å². The number of imidazole rings is 1. The number of rotatable bonds is 8.